The molecule has 1 aromatic rings. The molecule has 1 heterocycles. The number of rotatable bonds is 3. The van der Waals surface area contributed by atoms with Gasteiger partial charge in [-0.2, -0.15) is 5.26 Å². The first-order valence-corrected chi connectivity index (χ1v) is 7.43. The van der Waals surface area contributed by atoms with Crippen molar-refractivity contribution in [2.75, 3.05) is 19.3 Å². The molecule has 0 amide bonds. The van der Waals surface area contributed by atoms with Gasteiger partial charge in [0.1, 0.15) is 16.4 Å². The second-order valence-electron chi connectivity index (χ2n) is 4.86. The standard InChI is InChI=1S/C14H16F2N2S/c1-19-14(10-17)2-4-18(5-3-14)9-11-6-12(15)8-13(16)7-11/h6-8H,2-5,9H2,1H3. The Hall–Kier alpha value is -1.12. The van der Waals surface area contributed by atoms with E-state index in [9.17, 15) is 14.0 Å². The average Bonchev–Trinajstić information content (AvgIpc) is 2.39. The molecule has 0 unspecified atom stereocenters. The van der Waals surface area contributed by atoms with Crippen molar-refractivity contribution in [1.82, 2.24) is 4.90 Å². The molecule has 0 bridgehead atoms. The number of likely N-dealkylation sites (tertiary alicyclic amines) is 1. The summed E-state index contributed by atoms with van der Waals surface area (Å²) in [6, 6.07) is 6.00. The Balaban J connectivity index is 1.98. The number of hydrogen-bond acceptors (Lipinski definition) is 3. The van der Waals surface area contributed by atoms with Crippen molar-refractivity contribution in [3.63, 3.8) is 0 Å². The number of nitrogens with zero attached hydrogens (tertiary/aromatic N) is 2. The van der Waals surface area contributed by atoms with Crippen molar-refractivity contribution in [3.8, 4) is 6.07 Å². The molecule has 2 nitrogen and oxygen atoms in total. The topological polar surface area (TPSA) is 27.0 Å². The minimum Gasteiger partial charge on any atom is -0.299 e. The molecule has 0 aromatic heterocycles. The van der Waals surface area contributed by atoms with Crippen LogP contribution < -0.4 is 0 Å². The molecule has 2 rings (SSSR count). The van der Waals surface area contributed by atoms with Crippen molar-refractivity contribution in [2.24, 2.45) is 0 Å². The summed E-state index contributed by atoms with van der Waals surface area (Å²) in [5.74, 6) is -1.08. The molecular formula is C14H16F2N2S. The van der Waals surface area contributed by atoms with Crippen LogP contribution in [0.4, 0.5) is 8.78 Å². The van der Waals surface area contributed by atoms with Crippen LogP contribution in [0.25, 0.3) is 0 Å². The van der Waals surface area contributed by atoms with Gasteiger partial charge in [-0.05, 0) is 36.8 Å². The zero-order valence-electron chi connectivity index (χ0n) is 10.8. The van der Waals surface area contributed by atoms with Crippen LogP contribution in [0, 0.1) is 23.0 Å². The molecule has 0 atom stereocenters. The van der Waals surface area contributed by atoms with Crippen LogP contribution in [0.1, 0.15) is 18.4 Å². The van der Waals surface area contributed by atoms with Crippen molar-refractivity contribution in [1.29, 1.82) is 5.26 Å². The average molecular weight is 282 g/mol. The molecule has 0 N–H and O–H groups in total. The van der Waals surface area contributed by atoms with Crippen LogP contribution >= 0.6 is 11.8 Å². The fourth-order valence-corrected chi connectivity index (χ4v) is 3.08. The quantitative estimate of drug-likeness (QED) is 0.852. The third-order valence-corrected chi connectivity index (χ3v) is 4.87. The lowest BCUT2D eigenvalue weighted by Gasteiger charge is -2.36. The summed E-state index contributed by atoms with van der Waals surface area (Å²) in [5.41, 5.74) is 0.645. The first-order chi connectivity index (χ1) is 9.07. The molecule has 1 aromatic carbocycles. The maximum atomic E-state index is 13.1. The van der Waals surface area contributed by atoms with E-state index >= 15 is 0 Å². The second-order valence-corrected chi connectivity index (χ2v) is 6.05. The van der Waals surface area contributed by atoms with E-state index in [1.54, 1.807) is 11.8 Å². The lowest BCUT2D eigenvalue weighted by Crippen LogP contribution is -2.41. The van der Waals surface area contributed by atoms with Crippen LogP contribution in [-0.2, 0) is 6.54 Å². The summed E-state index contributed by atoms with van der Waals surface area (Å²) >= 11 is 1.60. The predicted molar refractivity (Wildman–Crippen MR) is 72.7 cm³/mol. The Morgan fingerprint density at radius 1 is 1.26 bits per heavy atom. The number of thioether (sulfide) groups is 1. The first kappa shape index (κ1) is 14.3. The van der Waals surface area contributed by atoms with Crippen molar-refractivity contribution < 1.29 is 8.78 Å². The van der Waals surface area contributed by atoms with Crippen molar-refractivity contribution in [2.45, 2.75) is 24.1 Å². The molecule has 0 aliphatic carbocycles. The number of nitriles is 1. The summed E-state index contributed by atoms with van der Waals surface area (Å²) in [5, 5.41) is 9.20. The Morgan fingerprint density at radius 3 is 2.32 bits per heavy atom. The Kier molecular flexibility index (Phi) is 4.43. The van der Waals surface area contributed by atoms with E-state index in [2.05, 4.69) is 11.0 Å². The van der Waals surface area contributed by atoms with Crippen molar-refractivity contribution >= 4 is 11.8 Å². The number of benzene rings is 1. The Morgan fingerprint density at radius 2 is 1.84 bits per heavy atom. The molecular weight excluding hydrogens is 266 g/mol. The van der Waals surface area contributed by atoms with Gasteiger partial charge in [-0.1, -0.05) is 0 Å². The molecule has 1 fully saturated rings. The van der Waals surface area contributed by atoms with E-state index < -0.39 is 11.6 Å². The van der Waals surface area contributed by atoms with E-state index in [4.69, 9.17) is 0 Å². The summed E-state index contributed by atoms with van der Waals surface area (Å²) in [6.07, 6.45) is 3.55. The SMILES string of the molecule is CSC1(C#N)CCN(Cc2cc(F)cc(F)c2)CC1. The van der Waals surface area contributed by atoms with Crippen LogP contribution in [-0.4, -0.2) is 29.0 Å². The number of hydrogen-bond donors (Lipinski definition) is 0. The van der Waals surface area contributed by atoms with Gasteiger partial charge in [0.05, 0.1) is 6.07 Å². The second kappa shape index (κ2) is 5.89. The van der Waals surface area contributed by atoms with E-state index in [1.165, 1.54) is 12.1 Å². The van der Waals surface area contributed by atoms with Crippen LogP contribution in [0.15, 0.2) is 18.2 Å². The fraction of sp³-hybridized carbons (Fsp3) is 0.500. The zero-order chi connectivity index (χ0) is 13.9. The summed E-state index contributed by atoms with van der Waals surface area (Å²) < 4.78 is 25.9. The van der Waals surface area contributed by atoms with Gasteiger partial charge >= 0.3 is 0 Å². The Bertz CT molecular complexity index is 470. The van der Waals surface area contributed by atoms with Gasteiger partial charge in [-0.3, -0.25) is 4.90 Å². The maximum absolute atomic E-state index is 13.1. The summed E-state index contributed by atoms with van der Waals surface area (Å²) in [7, 11) is 0. The molecule has 102 valence electrons. The molecule has 1 aliphatic rings. The first-order valence-electron chi connectivity index (χ1n) is 6.21. The predicted octanol–water partition coefficient (Wildman–Crippen LogP) is 3.19. The van der Waals surface area contributed by atoms with E-state index in [1.807, 2.05) is 6.26 Å². The van der Waals surface area contributed by atoms with Gasteiger partial charge < -0.3 is 0 Å². The van der Waals surface area contributed by atoms with E-state index in [-0.39, 0.29) is 4.75 Å². The molecule has 19 heavy (non-hydrogen) atoms. The highest BCUT2D eigenvalue weighted by Crippen LogP contribution is 2.34. The van der Waals surface area contributed by atoms with Gasteiger partial charge in [-0.15, -0.1) is 11.8 Å². The van der Waals surface area contributed by atoms with Crippen LogP contribution in [0.2, 0.25) is 0 Å². The minimum atomic E-state index is -0.539. The lowest BCUT2D eigenvalue weighted by atomic mass is 9.97. The number of piperidine rings is 1. The molecule has 1 saturated heterocycles. The third kappa shape index (κ3) is 3.46. The van der Waals surface area contributed by atoms with Gasteiger partial charge in [0.2, 0.25) is 0 Å². The third-order valence-electron chi connectivity index (χ3n) is 3.59. The summed E-state index contributed by atoms with van der Waals surface area (Å²) in [6.45, 7) is 2.10. The van der Waals surface area contributed by atoms with Gasteiger partial charge in [-0.25, -0.2) is 8.78 Å². The van der Waals surface area contributed by atoms with E-state index in [0.29, 0.717) is 12.1 Å². The zero-order valence-corrected chi connectivity index (χ0v) is 11.6. The largest absolute Gasteiger partial charge is 0.299 e. The highest BCUT2D eigenvalue weighted by atomic mass is 32.2. The highest BCUT2D eigenvalue weighted by molar-refractivity contribution is 8.00. The highest BCUT2D eigenvalue weighted by Gasteiger charge is 2.33. The van der Waals surface area contributed by atoms with Crippen LogP contribution in [0.3, 0.4) is 0 Å². The monoisotopic (exact) mass is 282 g/mol. The van der Waals surface area contributed by atoms with E-state index in [0.717, 1.165) is 32.0 Å². The van der Waals surface area contributed by atoms with Crippen LogP contribution in [0.5, 0.6) is 0 Å². The fourth-order valence-electron chi connectivity index (χ4n) is 2.39. The smallest absolute Gasteiger partial charge is 0.126 e. The molecule has 0 spiro atoms. The Labute approximate surface area is 116 Å². The number of halogens is 2. The van der Waals surface area contributed by atoms with Crippen molar-refractivity contribution in [3.05, 3.63) is 35.4 Å². The summed E-state index contributed by atoms with van der Waals surface area (Å²) in [4.78, 5) is 2.14. The maximum Gasteiger partial charge on any atom is 0.126 e. The molecule has 5 heteroatoms. The minimum absolute atomic E-state index is 0.288. The molecule has 1 aliphatic heterocycles. The lowest BCUT2D eigenvalue weighted by molar-refractivity contribution is 0.209. The molecule has 0 radical (unpaired) electrons. The normalized spacial score (nSPS) is 19.1. The van der Waals surface area contributed by atoms with Gasteiger partial charge in [0.15, 0.2) is 0 Å². The molecule has 0 saturated carbocycles. The van der Waals surface area contributed by atoms with Gasteiger partial charge in [0.25, 0.3) is 0 Å². The van der Waals surface area contributed by atoms with Gasteiger partial charge in [0, 0.05) is 25.7 Å².